The fourth-order valence-electron chi connectivity index (χ4n) is 2.81. The van der Waals surface area contributed by atoms with Crippen molar-refractivity contribution in [3.63, 3.8) is 0 Å². The monoisotopic (exact) mass is 305 g/mol. The molecule has 0 radical (unpaired) electrons. The molecule has 1 aliphatic heterocycles. The van der Waals surface area contributed by atoms with Crippen LogP contribution in [0.2, 0.25) is 0 Å². The van der Waals surface area contributed by atoms with Gasteiger partial charge in [0, 0.05) is 30.5 Å². The molecule has 2 atom stereocenters. The maximum atomic E-state index is 13.3. The van der Waals surface area contributed by atoms with Gasteiger partial charge in [0.25, 0.3) is 0 Å². The van der Waals surface area contributed by atoms with E-state index in [1.807, 2.05) is 0 Å². The molecule has 2 unspecified atom stereocenters. The minimum absolute atomic E-state index is 0.00107. The standard InChI is InChI=1S/C15H19F4NO/c1-14(6-3-7-15(17,18)19)9-12(20-2)11-5-4-10(16)8-13(11)21-14/h4-5,8,12,20H,3,6-7,9H2,1-2H3. The Bertz CT molecular complexity index is 503. The first-order chi connectivity index (χ1) is 9.72. The van der Waals surface area contributed by atoms with Gasteiger partial charge in [-0.15, -0.1) is 0 Å². The van der Waals surface area contributed by atoms with Crippen molar-refractivity contribution in [2.24, 2.45) is 0 Å². The number of rotatable bonds is 4. The Morgan fingerprint density at radius 1 is 1.38 bits per heavy atom. The number of hydrogen-bond donors (Lipinski definition) is 1. The maximum absolute atomic E-state index is 13.3. The highest BCUT2D eigenvalue weighted by molar-refractivity contribution is 5.39. The normalized spacial score (nSPS) is 25.3. The fraction of sp³-hybridized carbons (Fsp3) is 0.600. The molecule has 0 amide bonds. The Morgan fingerprint density at radius 2 is 2.10 bits per heavy atom. The van der Waals surface area contributed by atoms with Gasteiger partial charge in [0.05, 0.1) is 0 Å². The molecule has 2 rings (SSSR count). The third-order valence-electron chi connectivity index (χ3n) is 3.86. The highest BCUT2D eigenvalue weighted by atomic mass is 19.4. The number of benzene rings is 1. The number of nitrogens with one attached hydrogen (secondary N) is 1. The zero-order chi connectivity index (χ0) is 15.7. The van der Waals surface area contributed by atoms with Gasteiger partial charge in [-0.2, -0.15) is 13.2 Å². The van der Waals surface area contributed by atoms with Gasteiger partial charge in [0.1, 0.15) is 17.2 Å². The molecule has 1 N–H and O–H groups in total. The minimum Gasteiger partial charge on any atom is -0.487 e. The Labute approximate surface area is 121 Å². The van der Waals surface area contributed by atoms with E-state index in [1.165, 1.54) is 12.1 Å². The van der Waals surface area contributed by atoms with Crippen LogP contribution in [0.1, 0.15) is 44.2 Å². The highest BCUT2D eigenvalue weighted by Gasteiger charge is 2.38. The van der Waals surface area contributed by atoms with Crippen molar-refractivity contribution in [1.82, 2.24) is 5.32 Å². The molecule has 0 saturated carbocycles. The van der Waals surface area contributed by atoms with Crippen LogP contribution in [0.4, 0.5) is 17.6 Å². The van der Waals surface area contributed by atoms with Crippen LogP contribution in [0.3, 0.4) is 0 Å². The number of fused-ring (bicyclic) bond motifs is 1. The van der Waals surface area contributed by atoms with Crippen molar-refractivity contribution in [3.05, 3.63) is 29.6 Å². The van der Waals surface area contributed by atoms with Crippen molar-refractivity contribution >= 4 is 0 Å². The van der Waals surface area contributed by atoms with E-state index in [1.54, 1.807) is 20.0 Å². The lowest BCUT2D eigenvalue weighted by molar-refractivity contribution is -0.137. The molecule has 0 bridgehead atoms. The molecule has 0 aliphatic carbocycles. The van der Waals surface area contributed by atoms with E-state index in [2.05, 4.69) is 5.32 Å². The van der Waals surface area contributed by atoms with Crippen LogP contribution in [-0.2, 0) is 0 Å². The van der Waals surface area contributed by atoms with E-state index in [-0.39, 0.29) is 18.9 Å². The summed E-state index contributed by atoms with van der Waals surface area (Å²) in [5, 5.41) is 3.12. The predicted molar refractivity (Wildman–Crippen MR) is 71.8 cm³/mol. The summed E-state index contributed by atoms with van der Waals surface area (Å²) < 4.78 is 55.9. The molecule has 118 valence electrons. The molecule has 6 heteroatoms. The smallest absolute Gasteiger partial charge is 0.389 e. The molecule has 1 aliphatic rings. The lowest BCUT2D eigenvalue weighted by atomic mass is 9.85. The summed E-state index contributed by atoms with van der Waals surface area (Å²) in [7, 11) is 1.78. The van der Waals surface area contributed by atoms with E-state index in [9.17, 15) is 17.6 Å². The van der Waals surface area contributed by atoms with Gasteiger partial charge >= 0.3 is 6.18 Å². The van der Waals surface area contributed by atoms with Gasteiger partial charge in [0.15, 0.2) is 0 Å². The average molecular weight is 305 g/mol. The van der Waals surface area contributed by atoms with Gasteiger partial charge in [0.2, 0.25) is 0 Å². The minimum atomic E-state index is -4.16. The van der Waals surface area contributed by atoms with Gasteiger partial charge in [-0.1, -0.05) is 6.07 Å². The molecule has 1 aromatic rings. The topological polar surface area (TPSA) is 21.3 Å². The summed E-state index contributed by atoms with van der Waals surface area (Å²) in [6, 6.07) is 4.26. The van der Waals surface area contributed by atoms with E-state index in [0.29, 0.717) is 12.2 Å². The number of halogens is 4. The molecule has 0 saturated heterocycles. The van der Waals surface area contributed by atoms with Crippen LogP contribution in [0.25, 0.3) is 0 Å². The molecule has 0 fully saturated rings. The molecule has 0 aromatic heterocycles. The van der Waals surface area contributed by atoms with Gasteiger partial charge in [-0.25, -0.2) is 4.39 Å². The van der Waals surface area contributed by atoms with Crippen molar-refractivity contribution in [2.45, 2.75) is 50.4 Å². The van der Waals surface area contributed by atoms with Crippen LogP contribution < -0.4 is 10.1 Å². The Kier molecular flexibility index (Phi) is 4.46. The van der Waals surface area contributed by atoms with Gasteiger partial charge in [-0.05, 0) is 32.9 Å². The first-order valence-electron chi connectivity index (χ1n) is 6.95. The molecular formula is C15H19F4NO. The molecule has 1 aromatic carbocycles. The Hall–Kier alpha value is -1.30. The SMILES string of the molecule is CNC1CC(C)(CCCC(F)(F)F)Oc2cc(F)ccc21. The fourth-order valence-corrected chi connectivity index (χ4v) is 2.81. The van der Waals surface area contributed by atoms with E-state index >= 15 is 0 Å². The number of hydrogen-bond acceptors (Lipinski definition) is 2. The number of alkyl halides is 3. The van der Waals surface area contributed by atoms with Crippen LogP contribution in [0, 0.1) is 5.82 Å². The first-order valence-corrected chi connectivity index (χ1v) is 6.95. The van der Waals surface area contributed by atoms with Crippen LogP contribution in [0.5, 0.6) is 5.75 Å². The van der Waals surface area contributed by atoms with Crippen molar-refractivity contribution in [1.29, 1.82) is 0 Å². The van der Waals surface area contributed by atoms with Crippen LogP contribution in [0.15, 0.2) is 18.2 Å². The average Bonchev–Trinajstić information content (AvgIpc) is 2.35. The summed E-state index contributed by atoms with van der Waals surface area (Å²) in [4.78, 5) is 0. The summed E-state index contributed by atoms with van der Waals surface area (Å²) >= 11 is 0. The van der Waals surface area contributed by atoms with Crippen molar-refractivity contribution in [2.75, 3.05) is 7.05 Å². The predicted octanol–water partition coefficient (Wildman–Crippen LogP) is 4.36. The summed E-state index contributed by atoms with van der Waals surface area (Å²) in [5.41, 5.74) is 0.117. The summed E-state index contributed by atoms with van der Waals surface area (Å²) in [6.07, 6.45) is -4.15. The van der Waals surface area contributed by atoms with Crippen molar-refractivity contribution < 1.29 is 22.3 Å². The zero-order valence-corrected chi connectivity index (χ0v) is 12.1. The van der Waals surface area contributed by atoms with Gasteiger partial charge in [-0.3, -0.25) is 0 Å². The third kappa shape index (κ3) is 4.09. The van der Waals surface area contributed by atoms with Crippen LogP contribution in [-0.4, -0.2) is 18.8 Å². The van der Waals surface area contributed by atoms with Crippen LogP contribution >= 0.6 is 0 Å². The zero-order valence-electron chi connectivity index (χ0n) is 12.1. The summed E-state index contributed by atoms with van der Waals surface area (Å²) in [6.45, 7) is 1.78. The second-order valence-electron chi connectivity index (χ2n) is 5.75. The largest absolute Gasteiger partial charge is 0.487 e. The molecule has 2 nitrogen and oxygen atoms in total. The Balaban J connectivity index is 2.12. The van der Waals surface area contributed by atoms with E-state index in [4.69, 9.17) is 4.74 Å². The molecular weight excluding hydrogens is 286 g/mol. The maximum Gasteiger partial charge on any atom is 0.389 e. The quantitative estimate of drug-likeness (QED) is 0.835. The van der Waals surface area contributed by atoms with E-state index in [0.717, 1.165) is 5.56 Å². The first kappa shape index (κ1) is 16.1. The lowest BCUT2D eigenvalue weighted by Crippen LogP contribution is -2.41. The second-order valence-corrected chi connectivity index (χ2v) is 5.75. The van der Waals surface area contributed by atoms with E-state index < -0.39 is 24.0 Å². The highest BCUT2D eigenvalue weighted by Crippen LogP contribution is 2.42. The lowest BCUT2D eigenvalue weighted by Gasteiger charge is -2.40. The third-order valence-corrected chi connectivity index (χ3v) is 3.86. The molecule has 1 heterocycles. The second kappa shape index (κ2) is 5.83. The Morgan fingerprint density at radius 3 is 2.71 bits per heavy atom. The summed E-state index contributed by atoms with van der Waals surface area (Å²) in [5.74, 6) is -0.00162. The van der Waals surface area contributed by atoms with Crippen molar-refractivity contribution in [3.8, 4) is 5.75 Å². The van der Waals surface area contributed by atoms with Gasteiger partial charge < -0.3 is 10.1 Å². The number of ether oxygens (including phenoxy) is 1. The molecule has 21 heavy (non-hydrogen) atoms. The molecule has 0 spiro atoms.